The molecular weight excluding hydrogens is 137 g/mol. The maximum atomic E-state index is 9.00. The third kappa shape index (κ3) is 1190. The zero-order valence-corrected chi connectivity index (χ0v) is 3.75. The fourth-order valence-electron chi connectivity index (χ4n) is 0. The fourth-order valence-corrected chi connectivity index (χ4v) is 0. The minimum absolute atomic E-state index is 0. The van der Waals surface area contributed by atoms with Crippen LogP contribution in [0.3, 0.4) is 0 Å². The molecule has 0 fully saturated rings. The Morgan fingerprint density at radius 2 is 1.75 bits per heavy atom. The van der Waals surface area contributed by atoms with Crippen LogP contribution in [-0.2, 0) is 4.79 Å². The van der Waals surface area contributed by atoms with Crippen LogP contribution >= 0.6 is 0 Å². The molecule has 8 heavy (non-hydrogen) atoms. The molecule has 0 spiro atoms. The van der Waals surface area contributed by atoms with E-state index < -0.39 is 5.97 Å². The molecule has 0 saturated carbocycles. The van der Waals surface area contributed by atoms with Crippen molar-refractivity contribution in [3.8, 4) is 6.26 Å². The number of carboxylic acid groups (broad SMARTS) is 1. The van der Waals surface area contributed by atoms with Crippen molar-refractivity contribution in [2.45, 2.75) is 6.92 Å². The SMILES string of the molecule is CC(=O)O.N#CO.[KH]. The molecule has 0 rings (SSSR count). The molecule has 0 unspecified atom stereocenters. The average Bonchev–Trinajstić information content (AvgIpc) is 1.33. The molecule has 0 aliphatic carbocycles. The van der Waals surface area contributed by atoms with Gasteiger partial charge in [-0.05, 0) is 0 Å². The van der Waals surface area contributed by atoms with E-state index in [1.165, 1.54) is 0 Å². The van der Waals surface area contributed by atoms with Crippen molar-refractivity contribution >= 4 is 57.4 Å². The zero-order valence-electron chi connectivity index (χ0n) is 3.75. The van der Waals surface area contributed by atoms with Gasteiger partial charge in [0, 0.05) is 6.92 Å². The van der Waals surface area contributed by atoms with Crippen LogP contribution in [0.4, 0.5) is 0 Å². The first kappa shape index (κ1) is 15.8. The van der Waals surface area contributed by atoms with Gasteiger partial charge in [-0.1, -0.05) is 0 Å². The van der Waals surface area contributed by atoms with Crippen LogP contribution in [0.1, 0.15) is 6.92 Å². The number of nitrogens with zero attached hydrogens (tertiary/aromatic N) is 1. The molecule has 4 nitrogen and oxygen atoms in total. The summed E-state index contributed by atoms with van der Waals surface area (Å²) in [6.07, 6.45) is 0.750. The molecule has 0 radical (unpaired) electrons. The Kier molecular flexibility index (Phi) is 30.9. The van der Waals surface area contributed by atoms with Gasteiger partial charge >= 0.3 is 51.4 Å². The number of rotatable bonds is 0. The van der Waals surface area contributed by atoms with Gasteiger partial charge in [-0.3, -0.25) is 4.79 Å². The number of aliphatic carboxylic acids is 1. The molecule has 0 atom stereocenters. The molecule has 5 heteroatoms. The first-order chi connectivity index (χ1) is 3.15. The molecule has 0 aromatic carbocycles. The quantitative estimate of drug-likeness (QED) is 0.346. The Hall–Kier alpha value is 0.396. The summed E-state index contributed by atoms with van der Waals surface area (Å²) in [5, 5.41) is 21.2. The molecule has 0 aromatic heterocycles. The zero-order chi connectivity index (χ0) is 6.28. The molecule has 0 bridgehead atoms. The van der Waals surface area contributed by atoms with Crippen LogP contribution in [0.5, 0.6) is 0 Å². The van der Waals surface area contributed by atoms with Crippen LogP contribution in [0.2, 0.25) is 0 Å². The van der Waals surface area contributed by atoms with Crippen LogP contribution in [-0.4, -0.2) is 67.6 Å². The van der Waals surface area contributed by atoms with Crippen molar-refractivity contribution in [3.05, 3.63) is 0 Å². The molecule has 0 saturated heterocycles. The van der Waals surface area contributed by atoms with Crippen LogP contribution < -0.4 is 0 Å². The Bertz CT molecular complexity index is 83.0. The van der Waals surface area contributed by atoms with Gasteiger partial charge in [0.15, 0.2) is 0 Å². The van der Waals surface area contributed by atoms with Gasteiger partial charge in [-0.2, -0.15) is 5.26 Å². The second-order valence-corrected chi connectivity index (χ2v) is 0.619. The van der Waals surface area contributed by atoms with E-state index in [1.807, 2.05) is 0 Å². The van der Waals surface area contributed by atoms with E-state index in [-0.39, 0.29) is 51.4 Å². The molecule has 0 heterocycles. The van der Waals surface area contributed by atoms with Gasteiger partial charge in [0.25, 0.3) is 12.2 Å². The summed E-state index contributed by atoms with van der Waals surface area (Å²) in [6.45, 7) is 1.08. The van der Waals surface area contributed by atoms with Crippen molar-refractivity contribution in [1.29, 1.82) is 5.26 Å². The summed E-state index contributed by atoms with van der Waals surface area (Å²) in [5.74, 6) is -0.833. The molecule has 0 amide bonds. The summed E-state index contributed by atoms with van der Waals surface area (Å²) in [6, 6.07) is 0. The van der Waals surface area contributed by atoms with Gasteiger partial charge in [-0.25, -0.2) is 0 Å². The first-order valence-corrected chi connectivity index (χ1v) is 1.37. The number of nitriles is 1. The van der Waals surface area contributed by atoms with Gasteiger partial charge < -0.3 is 10.2 Å². The number of hydrogen-bond donors (Lipinski definition) is 2. The standard InChI is InChI=1S/C2H4O2.CHNO.K.H/c1-2(3)4;2-1-3;;/h1H3,(H,3,4);3H;;. The molecule has 0 aliphatic heterocycles. The second-order valence-electron chi connectivity index (χ2n) is 0.619. The Morgan fingerprint density at radius 1 is 1.75 bits per heavy atom. The Morgan fingerprint density at radius 3 is 1.75 bits per heavy atom. The molecule has 42 valence electrons. The van der Waals surface area contributed by atoms with Crippen molar-refractivity contribution in [2.24, 2.45) is 0 Å². The topological polar surface area (TPSA) is 81.3 Å². The summed E-state index contributed by atoms with van der Waals surface area (Å²) >= 11 is 0. The molecule has 0 aliphatic rings. The number of aliphatic hydroxyl groups is 1. The minimum atomic E-state index is -0.833. The summed E-state index contributed by atoms with van der Waals surface area (Å²) in [4.78, 5) is 9.00. The normalized spacial score (nSPS) is 4.00. The summed E-state index contributed by atoms with van der Waals surface area (Å²) in [7, 11) is 0. The molecule has 2 N–H and O–H groups in total. The molecule has 0 aromatic rings. The van der Waals surface area contributed by atoms with Crippen molar-refractivity contribution in [3.63, 3.8) is 0 Å². The van der Waals surface area contributed by atoms with E-state index in [1.54, 1.807) is 0 Å². The van der Waals surface area contributed by atoms with E-state index in [4.69, 9.17) is 20.3 Å². The van der Waals surface area contributed by atoms with Crippen molar-refractivity contribution in [1.82, 2.24) is 0 Å². The van der Waals surface area contributed by atoms with Gasteiger partial charge in [0.1, 0.15) is 0 Å². The number of carbonyl (C=O) groups is 1. The van der Waals surface area contributed by atoms with Crippen LogP contribution in [0, 0.1) is 11.5 Å². The number of aliphatic hydroxyl groups excluding tert-OH is 1. The number of hydrogen-bond acceptors (Lipinski definition) is 3. The third-order valence-electron chi connectivity index (χ3n) is 0. The van der Waals surface area contributed by atoms with Gasteiger partial charge in [0.05, 0.1) is 0 Å². The van der Waals surface area contributed by atoms with Crippen molar-refractivity contribution < 1.29 is 15.0 Å². The Labute approximate surface area is 89.5 Å². The third-order valence-corrected chi connectivity index (χ3v) is 0. The monoisotopic (exact) mass is 143 g/mol. The predicted molar refractivity (Wildman–Crippen MR) is 28.0 cm³/mol. The van der Waals surface area contributed by atoms with Gasteiger partial charge in [0.2, 0.25) is 0 Å². The first-order valence-electron chi connectivity index (χ1n) is 1.37. The summed E-state index contributed by atoms with van der Waals surface area (Å²) < 4.78 is 0. The van der Waals surface area contributed by atoms with Gasteiger partial charge in [-0.15, -0.1) is 0 Å². The average molecular weight is 143 g/mol. The summed E-state index contributed by atoms with van der Waals surface area (Å²) in [5.41, 5.74) is 0. The van der Waals surface area contributed by atoms with E-state index in [0.29, 0.717) is 0 Å². The van der Waals surface area contributed by atoms with E-state index in [2.05, 4.69) is 0 Å². The van der Waals surface area contributed by atoms with Crippen LogP contribution in [0.25, 0.3) is 0 Å². The Balaban J connectivity index is -0.0000000575. The van der Waals surface area contributed by atoms with E-state index >= 15 is 0 Å². The van der Waals surface area contributed by atoms with Crippen molar-refractivity contribution in [2.75, 3.05) is 0 Å². The maximum absolute atomic E-state index is 9.00. The molecular formula is C3H6KNO3. The van der Waals surface area contributed by atoms with Crippen LogP contribution in [0.15, 0.2) is 0 Å². The second kappa shape index (κ2) is 15.7. The predicted octanol–water partition coefficient (Wildman–Crippen LogP) is -0.718. The van der Waals surface area contributed by atoms with E-state index in [9.17, 15) is 0 Å². The fraction of sp³-hybridized carbons (Fsp3) is 0.333. The number of carboxylic acids is 1. The van der Waals surface area contributed by atoms with E-state index in [0.717, 1.165) is 13.2 Å².